The van der Waals surface area contributed by atoms with Crippen LogP contribution in [0.3, 0.4) is 0 Å². The molecule has 0 saturated heterocycles. The number of hydrogen-bond donors (Lipinski definition) is 1. The second-order valence-corrected chi connectivity index (χ2v) is 6.57. The molecule has 2 aromatic heterocycles. The van der Waals surface area contributed by atoms with Crippen molar-refractivity contribution in [3.63, 3.8) is 0 Å². The van der Waals surface area contributed by atoms with Crippen molar-refractivity contribution in [2.45, 2.75) is 52.8 Å². The molecular weight excluding hydrogens is 252 g/mol. The summed E-state index contributed by atoms with van der Waals surface area (Å²) in [5.41, 5.74) is 3.76. The van der Waals surface area contributed by atoms with E-state index < -0.39 is 0 Å². The molecule has 0 aromatic carbocycles. The van der Waals surface area contributed by atoms with Crippen LogP contribution in [0.4, 0.5) is 0 Å². The van der Waals surface area contributed by atoms with Gasteiger partial charge in [0.25, 0.3) is 0 Å². The Morgan fingerprint density at radius 3 is 2.90 bits per heavy atom. The highest BCUT2D eigenvalue weighted by Gasteiger charge is 2.33. The maximum atomic E-state index is 10.3. The number of nitrogens with zero attached hydrogens (tertiary/aromatic N) is 4. The van der Waals surface area contributed by atoms with E-state index in [1.807, 2.05) is 10.9 Å². The molecule has 1 atom stereocenters. The van der Waals surface area contributed by atoms with E-state index in [0.717, 1.165) is 31.5 Å². The van der Waals surface area contributed by atoms with Crippen LogP contribution in [-0.4, -0.2) is 24.7 Å². The first-order valence-corrected chi connectivity index (χ1v) is 7.17. The monoisotopic (exact) mass is 274 g/mol. The fourth-order valence-corrected chi connectivity index (χ4v) is 3.27. The summed E-state index contributed by atoms with van der Waals surface area (Å²) in [7, 11) is 0. The molecule has 3 rings (SSSR count). The Labute approximate surface area is 119 Å². The zero-order valence-corrected chi connectivity index (χ0v) is 12.4. The van der Waals surface area contributed by atoms with Gasteiger partial charge >= 0.3 is 0 Å². The highest BCUT2D eigenvalue weighted by Crippen LogP contribution is 2.41. The lowest BCUT2D eigenvalue weighted by molar-refractivity contribution is 0.0978. The Morgan fingerprint density at radius 1 is 1.40 bits per heavy atom. The number of aryl methyl sites for hydroxylation is 2. The van der Waals surface area contributed by atoms with Crippen molar-refractivity contribution in [3.05, 3.63) is 35.4 Å². The molecule has 2 heterocycles. The molecule has 108 valence electrons. The number of rotatable bonds is 3. The molecular formula is C15H22N4O. The molecule has 0 fully saturated rings. The highest BCUT2D eigenvalue weighted by atomic mass is 16.3. The van der Waals surface area contributed by atoms with Crippen LogP contribution in [0, 0.1) is 12.3 Å². The van der Waals surface area contributed by atoms with Gasteiger partial charge in [0.15, 0.2) is 0 Å². The standard InChI is InChI=1S/C15H22N4O/c1-11-8-12-13(9-15(2,3)10-14(12)20)19(11)7-6-18-5-4-16-17-18/h4-5,8,14,20H,6-7,9-10H2,1-3H3. The first-order chi connectivity index (χ1) is 9.46. The van der Waals surface area contributed by atoms with E-state index in [1.54, 1.807) is 6.20 Å². The van der Waals surface area contributed by atoms with Crippen molar-refractivity contribution in [3.8, 4) is 0 Å². The molecule has 5 heteroatoms. The number of hydrogen-bond acceptors (Lipinski definition) is 3. The molecule has 1 unspecified atom stereocenters. The van der Waals surface area contributed by atoms with Crippen molar-refractivity contribution in [1.29, 1.82) is 0 Å². The van der Waals surface area contributed by atoms with Crippen LogP contribution in [-0.2, 0) is 19.5 Å². The van der Waals surface area contributed by atoms with Crippen LogP contribution in [0.1, 0.15) is 43.3 Å². The summed E-state index contributed by atoms with van der Waals surface area (Å²) in [6, 6.07) is 2.14. The second-order valence-electron chi connectivity index (χ2n) is 6.57. The molecule has 0 aliphatic heterocycles. The lowest BCUT2D eigenvalue weighted by atomic mass is 9.75. The van der Waals surface area contributed by atoms with Gasteiger partial charge in [0, 0.05) is 29.7 Å². The predicted molar refractivity (Wildman–Crippen MR) is 76.3 cm³/mol. The van der Waals surface area contributed by atoms with Gasteiger partial charge in [0.05, 0.1) is 18.8 Å². The molecule has 0 radical (unpaired) electrons. The molecule has 1 N–H and O–H groups in total. The topological polar surface area (TPSA) is 55.9 Å². The maximum Gasteiger partial charge on any atom is 0.0812 e. The quantitative estimate of drug-likeness (QED) is 0.932. The van der Waals surface area contributed by atoms with Crippen molar-refractivity contribution < 1.29 is 5.11 Å². The molecule has 1 aliphatic carbocycles. The molecule has 0 spiro atoms. The average Bonchev–Trinajstić information content (AvgIpc) is 2.94. The Hall–Kier alpha value is -1.62. The van der Waals surface area contributed by atoms with E-state index in [9.17, 15) is 5.11 Å². The minimum Gasteiger partial charge on any atom is -0.388 e. The van der Waals surface area contributed by atoms with Gasteiger partial charge in [-0.1, -0.05) is 19.1 Å². The SMILES string of the molecule is Cc1cc2c(n1CCn1ccnn1)CC(C)(C)CC2O. The Kier molecular flexibility index (Phi) is 3.17. The van der Waals surface area contributed by atoms with Crippen molar-refractivity contribution >= 4 is 0 Å². The summed E-state index contributed by atoms with van der Waals surface area (Å²) < 4.78 is 4.16. The molecule has 0 bridgehead atoms. The highest BCUT2D eigenvalue weighted by molar-refractivity contribution is 5.33. The number of aromatic nitrogens is 4. The van der Waals surface area contributed by atoms with Gasteiger partial charge in [0.1, 0.15) is 0 Å². The second kappa shape index (κ2) is 4.74. The minimum atomic E-state index is -0.333. The van der Waals surface area contributed by atoms with Gasteiger partial charge in [-0.3, -0.25) is 4.68 Å². The zero-order chi connectivity index (χ0) is 14.3. The van der Waals surface area contributed by atoms with Gasteiger partial charge in [-0.15, -0.1) is 5.10 Å². The van der Waals surface area contributed by atoms with Crippen LogP contribution < -0.4 is 0 Å². The van der Waals surface area contributed by atoms with Crippen molar-refractivity contribution in [2.24, 2.45) is 5.41 Å². The van der Waals surface area contributed by atoms with E-state index in [4.69, 9.17) is 0 Å². The summed E-state index contributed by atoms with van der Waals surface area (Å²) in [5.74, 6) is 0. The van der Waals surface area contributed by atoms with Crippen LogP contribution in [0.2, 0.25) is 0 Å². The average molecular weight is 274 g/mol. The van der Waals surface area contributed by atoms with Gasteiger partial charge in [0.2, 0.25) is 0 Å². The van der Waals surface area contributed by atoms with Gasteiger partial charge in [-0.25, -0.2) is 0 Å². The third-order valence-corrected chi connectivity index (χ3v) is 4.22. The van der Waals surface area contributed by atoms with Gasteiger partial charge in [-0.2, -0.15) is 0 Å². The minimum absolute atomic E-state index is 0.155. The molecule has 1 aliphatic rings. The smallest absolute Gasteiger partial charge is 0.0812 e. The molecule has 5 nitrogen and oxygen atoms in total. The lowest BCUT2D eigenvalue weighted by Gasteiger charge is -2.34. The van der Waals surface area contributed by atoms with Gasteiger partial charge < -0.3 is 9.67 Å². The van der Waals surface area contributed by atoms with E-state index in [0.29, 0.717) is 0 Å². The molecule has 2 aromatic rings. The fourth-order valence-electron chi connectivity index (χ4n) is 3.27. The third-order valence-electron chi connectivity index (χ3n) is 4.22. The molecule has 0 saturated carbocycles. The summed E-state index contributed by atoms with van der Waals surface area (Å²) in [4.78, 5) is 0. The Morgan fingerprint density at radius 2 is 2.20 bits per heavy atom. The van der Waals surface area contributed by atoms with E-state index in [-0.39, 0.29) is 11.5 Å². The van der Waals surface area contributed by atoms with Crippen molar-refractivity contribution in [1.82, 2.24) is 19.6 Å². The van der Waals surface area contributed by atoms with Crippen LogP contribution in [0.15, 0.2) is 18.5 Å². The molecule has 20 heavy (non-hydrogen) atoms. The van der Waals surface area contributed by atoms with E-state index in [2.05, 4.69) is 41.7 Å². The first kappa shape index (κ1) is 13.4. The zero-order valence-electron chi connectivity index (χ0n) is 12.4. The van der Waals surface area contributed by atoms with Crippen LogP contribution >= 0.6 is 0 Å². The van der Waals surface area contributed by atoms with Gasteiger partial charge in [-0.05, 0) is 31.2 Å². The lowest BCUT2D eigenvalue weighted by Crippen LogP contribution is -2.27. The van der Waals surface area contributed by atoms with Crippen LogP contribution in [0.25, 0.3) is 0 Å². The number of aliphatic hydroxyl groups is 1. The number of aliphatic hydroxyl groups excluding tert-OH is 1. The van der Waals surface area contributed by atoms with E-state index in [1.165, 1.54) is 11.4 Å². The Bertz CT molecular complexity index is 598. The predicted octanol–water partition coefficient (Wildman–Crippen LogP) is 2.09. The maximum absolute atomic E-state index is 10.3. The summed E-state index contributed by atoms with van der Waals surface area (Å²) in [6.07, 6.45) is 5.10. The number of fused-ring (bicyclic) bond motifs is 1. The largest absolute Gasteiger partial charge is 0.388 e. The summed E-state index contributed by atoms with van der Waals surface area (Å²) >= 11 is 0. The first-order valence-electron chi connectivity index (χ1n) is 7.17. The normalized spacial score (nSPS) is 20.9. The van der Waals surface area contributed by atoms with Crippen molar-refractivity contribution in [2.75, 3.05) is 0 Å². The summed E-state index contributed by atoms with van der Waals surface area (Å²) in [5, 5.41) is 18.2. The van der Waals surface area contributed by atoms with Crippen LogP contribution in [0.5, 0.6) is 0 Å². The van der Waals surface area contributed by atoms with E-state index >= 15 is 0 Å². The third kappa shape index (κ3) is 2.38. The Balaban J connectivity index is 1.88. The fraction of sp³-hybridized carbons (Fsp3) is 0.600. The molecule has 0 amide bonds. The summed E-state index contributed by atoms with van der Waals surface area (Å²) in [6.45, 7) is 8.23.